The molecule has 0 aliphatic carbocycles. The number of esters is 2. The Hall–Kier alpha value is -4.72. The van der Waals surface area contributed by atoms with Crippen LogP contribution >= 0.6 is 0 Å². The van der Waals surface area contributed by atoms with Crippen LogP contribution in [0.1, 0.15) is 43.0 Å². The number of hydrogen-bond acceptors (Lipinski definition) is 11. The number of hydrogen-bond donors (Lipinski definition) is 0. The molecule has 0 unspecified atom stereocenters. The van der Waals surface area contributed by atoms with Gasteiger partial charge in [-0.25, -0.2) is 0 Å². The number of carbonyl (C=O) groups is 2. The minimum Gasteiger partial charge on any atom is -0.463 e. The molecule has 0 saturated carbocycles. The maximum absolute atomic E-state index is 13.1. The summed E-state index contributed by atoms with van der Waals surface area (Å²) in [5, 5.41) is 0. The number of rotatable bonds is 20. The molecule has 0 amide bonds. The summed E-state index contributed by atoms with van der Waals surface area (Å²) in [6.07, 6.45) is -2.70. The van der Waals surface area contributed by atoms with Crippen molar-refractivity contribution in [2.45, 2.75) is 96.2 Å². The molecular formula is C47H54O11. The van der Waals surface area contributed by atoms with E-state index in [9.17, 15) is 9.59 Å². The summed E-state index contributed by atoms with van der Waals surface area (Å²) in [7, 11) is 0. The Morgan fingerprint density at radius 2 is 1.07 bits per heavy atom. The molecule has 4 aromatic carbocycles. The largest absolute Gasteiger partial charge is 0.463 e. The lowest BCUT2D eigenvalue weighted by Crippen LogP contribution is -2.65. The van der Waals surface area contributed by atoms with Crippen LogP contribution in [-0.4, -0.2) is 80.8 Å². The molecule has 4 aromatic rings. The number of benzene rings is 4. The normalized spacial score (nSPS) is 24.8. The third kappa shape index (κ3) is 12.6. The van der Waals surface area contributed by atoms with Crippen LogP contribution in [0, 0.1) is 5.92 Å². The van der Waals surface area contributed by atoms with Crippen molar-refractivity contribution in [1.29, 1.82) is 0 Å². The highest BCUT2D eigenvalue weighted by Gasteiger charge is 2.54. The van der Waals surface area contributed by atoms with Crippen LogP contribution < -0.4 is 0 Å². The van der Waals surface area contributed by atoms with Crippen molar-refractivity contribution >= 4 is 11.9 Å². The predicted octanol–water partition coefficient (Wildman–Crippen LogP) is 7.16. The maximum Gasteiger partial charge on any atom is 0.303 e. The van der Waals surface area contributed by atoms with Crippen molar-refractivity contribution in [3.8, 4) is 0 Å². The molecule has 0 spiro atoms. The molecule has 6 rings (SSSR count). The topological polar surface area (TPSA) is 117 Å². The van der Waals surface area contributed by atoms with Crippen molar-refractivity contribution in [1.82, 2.24) is 0 Å². The van der Waals surface area contributed by atoms with Crippen LogP contribution in [0.4, 0.5) is 0 Å². The molecule has 0 aromatic heterocycles. The molecular weight excluding hydrogens is 741 g/mol. The van der Waals surface area contributed by atoms with Gasteiger partial charge in [0, 0.05) is 20.5 Å². The quantitative estimate of drug-likeness (QED) is 0.0671. The minimum atomic E-state index is -0.990. The zero-order chi connectivity index (χ0) is 40.5. The van der Waals surface area contributed by atoms with Crippen molar-refractivity contribution < 1.29 is 52.2 Å². The molecule has 1 fully saturated rings. The number of carbonyl (C=O) groups excluding carboxylic acids is 2. The smallest absolute Gasteiger partial charge is 0.303 e. The van der Waals surface area contributed by atoms with Crippen LogP contribution in [0.25, 0.3) is 0 Å². The Labute approximate surface area is 341 Å². The predicted molar refractivity (Wildman–Crippen MR) is 215 cm³/mol. The van der Waals surface area contributed by atoms with E-state index in [-0.39, 0.29) is 33.0 Å². The van der Waals surface area contributed by atoms with Gasteiger partial charge >= 0.3 is 11.9 Å². The highest BCUT2D eigenvalue weighted by molar-refractivity contribution is 5.66. The summed E-state index contributed by atoms with van der Waals surface area (Å²) in [6.45, 7) is 6.05. The van der Waals surface area contributed by atoms with Gasteiger partial charge in [0.15, 0.2) is 6.29 Å². The van der Waals surface area contributed by atoms with Gasteiger partial charge in [-0.15, -0.1) is 0 Å². The lowest BCUT2D eigenvalue weighted by molar-refractivity contribution is -0.299. The van der Waals surface area contributed by atoms with Gasteiger partial charge in [-0.1, -0.05) is 133 Å². The molecule has 11 heteroatoms. The molecule has 0 bridgehead atoms. The summed E-state index contributed by atoms with van der Waals surface area (Å²) < 4.78 is 58.1. The fourth-order valence-electron chi connectivity index (χ4n) is 7.17. The first-order valence-electron chi connectivity index (χ1n) is 19.9. The first kappa shape index (κ1) is 42.9. The summed E-state index contributed by atoms with van der Waals surface area (Å²) in [6, 6.07) is 39.5. The van der Waals surface area contributed by atoms with Crippen LogP contribution in [-0.2, 0) is 78.6 Å². The summed E-state index contributed by atoms with van der Waals surface area (Å²) >= 11 is 0. The summed E-state index contributed by atoms with van der Waals surface area (Å²) in [4.78, 5) is 24.8. The lowest BCUT2D eigenvalue weighted by Gasteiger charge is -2.49. The molecule has 2 heterocycles. The standard InChI is InChI=1S/C47H54O11/c1-4-51-47-40(26-25-39(57-47)31-52-33(2)48)42(56-34(3)49)46-45(55-30-38-23-15-8-16-24-38)44(54-29-37-21-13-7-14-22-37)43(53-28-36-19-11-6-12-20-36)41(58-46)32-50-27-35-17-9-5-10-18-35/h5-26,39-47H,4,27-32H2,1-3H3/t39-,40+,41+,42-,43+,44-,45+,46-,47-/m0/s1. The van der Waals surface area contributed by atoms with Gasteiger partial charge < -0.3 is 42.6 Å². The fourth-order valence-corrected chi connectivity index (χ4v) is 7.17. The Morgan fingerprint density at radius 1 is 0.569 bits per heavy atom. The van der Waals surface area contributed by atoms with Crippen molar-refractivity contribution in [2.75, 3.05) is 19.8 Å². The average molecular weight is 795 g/mol. The fraction of sp³-hybridized carbons (Fsp3) is 0.404. The first-order valence-corrected chi connectivity index (χ1v) is 19.9. The van der Waals surface area contributed by atoms with E-state index in [1.807, 2.05) is 134 Å². The van der Waals surface area contributed by atoms with E-state index in [1.165, 1.54) is 13.8 Å². The second-order valence-electron chi connectivity index (χ2n) is 14.3. The Kier molecular flexibility index (Phi) is 16.6. The van der Waals surface area contributed by atoms with E-state index in [4.69, 9.17) is 42.6 Å². The third-order valence-corrected chi connectivity index (χ3v) is 9.88. The van der Waals surface area contributed by atoms with Crippen LogP contribution in [0.3, 0.4) is 0 Å². The lowest BCUT2D eigenvalue weighted by atomic mass is 9.85. The second kappa shape index (κ2) is 22.4. The molecule has 11 nitrogen and oxygen atoms in total. The van der Waals surface area contributed by atoms with Crippen molar-refractivity contribution in [3.05, 3.63) is 156 Å². The highest BCUT2D eigenvalue weighted by Crippen LogP contribution is 2.38. The highest BCUT2D eigenvalue weighted by atomic mass is 16.7. The maximum atomic E-state index is 13.1. The molecule has 58 heavy (non-hydrogen) atoms. The molecule has 1 saturated heterocycles. The van der Waals surface area contributed by atoms with E-state index in [0.717, 1.165) is 22.3 Å². The zero-order valence-electron chi connectivity index (χ0n) is 33.3. The Morgan fingerprint density at radius 3 is 1.57 bits per heavy atom. The van der Waals surface area contributed by atoms with Gasteiger partial charge in [0.05, 0.1) is 39.0 Å². The number of ether oxygens (including phenoxy) is 9. The van der Waals surface area contributed by atoms with Crippen molar-refractivity contribution in [3.63, 3.8) is 0 Å². The molecule has 2 aliphatic heterocycles. The molecule has 2 aliphatic rings. The van der Waals surface area contributed by atoms with Crippen molar-refractivity contribution in [2.24, 2.45) is 5.92 Å². The van der Waals surface area contributed by atoms with Crippen LogP contribution in [0.15, 0.2) is 133 Å². The summed E-state index contributed by atoms with van der Waals surface area (Å²) in [5.74, 6) is -1.61. The molecule has 0 N–H and O–H groups in total. The minimum absolute atomic E-state index is 0.000238. The average Bonchev–Trinajstić information content (AvgIpc) is 3.24. The van der Waals surface area contributed by atoms with E-state index in [1.54, 1.807) is 6.08 Å². The third-order valence-electron chi connectivity index (χ3n) is 9.88. The van der Waals surface area contributed by atoms with Gasteiger partial charge in [-0.05, 0) is 29.2 Å². The monoisotopic (exact) mass is 794 g/mol. The zero-order valence-corrected chi connectivity index (χ0v) is 33.3. The van der Waals surface area contributed by atoms with E-state index < -0.39 is 66.9 Å². The Bertz CT molecular complexity index is 1820. The molecule has 0 radical (unpaired) electrons. The first-order chi connectivity index (χ1) is 28.4. The Balaban J connectivity index is 1.41. The van der Waals surface area contributed by atoms with E-state index in [2.05, 4.69) is 0 Å². The van der Waals surface area contributed by atoms with Gasteiger partial charge in [0.25, 0.3) is 0 Å². The van der Waals surface area contributed by atoms with Gasteiger partial charge in [0.1, 0.15) is 49.3 Å². The van der Waals surface area contributed by atoms with Gasteiger partial charge in [0.2, 0.25) is 0 Å². The van der Waals surface area contributed by atoms with E-state index in [0.29, 0.717) is 13.2 Å². The van der Waals surface area contributed by atoms with Gasteiger partial charge in [-0.2, -0.15) is 0 Å². The summed E-state index contributed by atoms with van der Waals surface area (Å²) in [5.41, 5.74) is 3.87. The van der Waals surface area contributed by atoms with Crippen LogP contribution in [0.5, 0.6) is 0 Å². The SMILES string of the molecule is CCO[C@H]1O[C@H](COC(C)=O)C=C[C@@H]1[C@H](OC(C)=O)[C@@H]1O[C@H](COCc2ccccc2)[C@@H](OCc2ccccc2)[C@H](OCc2ccccc2)[C@H]1OCc1ccccc1. The molecule has 9 atom stereocenters. The second-order valence-corrected chi connectivity index (χ2v) is 14.3. The molecule has 308 valence electrons. The van der Waals surface area contributed by atoms with Gasteiger partial charge in [-0.3, -0.25) is 9.59 Å². The van der Waals surface area contributed by atoms with Crippen LogP contribution in [0.2, 0.25) is 0 Å². The van der Waals surface area contributed by atoms with E-state index >= 15 is 0 Å².